The van der Waals surface area contributed by atoms with Gasteiger partial charge in [-0.1, -0.05) is 48.9 Å². The molecule has 0 spiro atoms. The highest BCUT2D eigenvalue weighted by atomic mass is 35.5. The molecule has 0 fully saturated rings. The number of hydrogen-bond donors (Lipinski definition) is 1. The average Bonchev–Trinajstić information content (AvgIpc) is 3.19. The Kier molecular flexibility index (Phi) is 7.28. The van der Waals surface area contributed by atoms with Crippen LogP contribution in [-0.2, 0) is 19.6 Å². The van der Waals surface area contributed by atoms with Crippen molar-refractivity contribution < 1.29 is 13.9 Å². The number of carbonyl (C=O) groups is 1. The van der Waals surface area contributed by atoms with Gasteiger partial charge in [0.05, 0.1) is 6.54 Å². The second kappa shape index (κ2) is 10.5. The van der Waals surface area contributed by atoms with Crippen LogP contribution < -0.4 is 10.1 Å². The topological polar surface area (TPSA) is 56.1 Å². The van der Waals surface area contributed by atoms with Gasteiger partial charge in [-0.25, -0.2) is 4.39 Å². The molecule has 0 radical (unpaired) electrons. The first-order valence-electron chi connectivity index (χ1n) is 11.0. The van der Waals surface area contributed by atoms with Crippen LogP contribution >= 0.6 is 11.6 Å². The predicted octanol–water partition coefficient (Wildman–Crippen LogP) is 6.43. The van der Waals surface area contributed by atoms with Gasteiger partial charge in [-0.2, -0.15) is 5.10 Å². The quantitative estimate of drug-likeness (QED) is 0.318. The number of aryl methyl sites for hydroxylation is 2. The van der Waals surface area contributed by atoms with E-state index in [2.05, 4.69) is 17.3 Å². The summed E-state index contributed by atoms with van der Waals surface area (Å²) in [7, 11) is 0. The maximum absolute atomic E-state index is 14.1. The molecule has 174 valence electrons. The SMILES string of the molecule is CCc1ccc(OCc2cccc(C(=O)Nc3cc(C)n(Cc4c(F)cccc4Cl)n3)c2)cc1. The molecule has 1 amide bonds. The summed E-state index contributed by atoms with van der Waals surface area (Å²) in [5.41, 5.74) is 3.74. The number of nitrogens with one attached hydrogen (secondary N) is 1. The van der Waals surface area contributed by atoms with Crippen molar-refractivity contribution in [3.05, 3.63) is 112 Å². The van der Waals surface area contributed by atoms with Crippen molar-refractivity contribution in [2.75, 3.05) is 5.32 Å². The van der Waals surface area contributed by atoms with Crippen LogP contribution in [0.3, 0.4) is 0 Å². The maximum Gasteiger partial charge on any atom is 0.256 e. The fourth-order valence-corrected chi connectivity index (χ4v) is 3.77. The molecule has 0 aliphatic carbocycles. The van der Waals surface area contributed by atoms with Gasteiger partial charge >= 0.3 is 0 Å². The first kappa shape index (κ1) is 23.5. The van der Waals surface area contributed by atoms with Crippen LogP contribution in [0.1, 0.15) is 39.7 Å². The standard InChI is InChI=1S/C27H25ClFN3O2/c1-3-19-10-12-22(13-11-19)34-17-20-6-4-7-21(15-20)27(33)30-26-14-18(2)32(31-26)16-23-24(28)8-5-9-25(23)29/h4-15H,3,16-17H2,1-2H3,(H,30,31,33). The van der Waals surface area contributed by atoms with E-state index in [0.717, 1.165) is 23.4 Å². The zero-order valence-electron chi connectivity index (χ0n) is 19.0. The molecule has 5 nitrogen and oxygen atoms in total. The summed E-state index contributed by atoms with van der Waals surface area (Å²) < 4.78 is 21.6. The second-order valence-electron chi connectivity index (χ2n) is 7.97. The van der Waals surface area contributed by atoms with E-state index in [9.17, 15) is 9.18 Å². The van der Waals surface area contributed by atoms with Crippen LogP contribution in [0.5, 0.6) is 5.75 Å². The Hall–Kier alpha value is -3.64. The van der Waals surface area contributed by atoms with Gasteiger partial charge < -0.3 is 10.1 Å². The third-order valence-corrected chi connectivity index (χ3v) is 5.87. The molecule has 0 aliphatic heterocycles. The molecule has 0 atom stereocenters. The third-order valence-electron chi connectivity index (χ3n) is 5.52. The molecule has 7 heteroatoms. The molecule has 4 aromatic rings. The number of halogens is 2. The lowest BCUT2D eigenvalue weighted by Gasteiger charge is -2.09. The van der Waals surface area contributed by atoms with Crippen molar-refractivity contribution in [1.82, 2.24) is 9.78 Å². The van der Waals surface area contributed by atoms with Crippen LogP contribution in [0, 0.1) is 12.7 Å². The van der Waals surface area contributed by atoms with E-state index in [-0.39, 0.29) is 12.5 Å². The molecule has 1 aromatic heterocycles. The van der Waals surface area contributed by atoms with Crippen molar-refractivity contribution in [2.45, 2.75) is 33.4 Å². The molecule has 3 aromatic carbocycles. The Bertz CT molecular complexity index is 1280. The van der Waals surface area contributed by atoms with Crippen molar-refractivity contribution in [3.63, 3.8) is 0 Å². The highest BCUT2D eigenvalue weighted by molar-refractivity contribution is 6.31. The summed E-state index contributed by atoms with van der Waals surface area (Å²) in [6, 6.07) is 21.5. The van der Waals surface area contributed by atoms with E-state index < -0.39 is 5.82 Å². The van der Waals surface area contributed by atoms with Crippen LogP contribution in [0.2, 0.25) is 5.02 Å². The van der Waals surface area contributed by atoms with Gasteiger partial charge in [0.15, 0.2) is 5.82 Å². The van der Waals surface area contributed by atoms with Crippen molar-refractivity contribution in [1.29, 1.82) is 0 Å². The Morgan fingerprint density at radius 3 is 2.56 bits per heavy atom. The van der Waals surface area contributed by atoms with Crippen molar-refractivity contribution in [3.8, 4) is 5.75 Å². The highest BCUT2D eigenvalue weighted by Crippen LogP contribution is 2.22. The van der Waals surface area contributed by atoms with Gasteiger partial charge in [0.1, 0.15) is 18.2 Å². The molecule has 0 unspecified atom stereocenters. The van der Waals surface area contributed by atoms with Crippen LogP contribution in [-0.4, -0.2) is 15.7 Å². The van der Waals surface area contributed by atoms with Crippen LogP contribution in [0.4, 0.5) is 10.2 Å². The Morgan fingerprint density at radius 1 is 1.06 bits per heavy atom. The summed E-state index contributed by atoms with van der Waals surface area (Å²) in [6.07, 6.45) is 0.978. The number of benzene rings is 3. The number of rotatable bonds is 8. The molecule has 0 aliphatic rings. The number of ether oxygens (including phenoxy) is 1. The minimum absolute atomic E-state index is 0.166. The van der Waals surface area contributed by atoms with Gasteiger partial charge in [0.25, 0.3) is 5.91 Å². The van der Waals surface area contributed by atoms with E-state index in [1.54, 1.807) is 35.0 Å². The molecular formula is C27H25ClFN3O2. The van der Waals surface area contributed by atoms with Gasteiger partial charge in [-0.05, 0) is 60.9 Å². The fraction of sp³-hybridized carbons (Fsp3) is 0.185. The smallest absolute Gasteiger partial charge is 0.256 e. The first-order valence-corrected chi connectivity index (χ1v) is 11.4. The van der Waals surface area contributed by atoms with Gasteiger partial charge in [0.2, 0.25) is 0 Å². The molecule has 0 bridgehead atoms. The number of aromatic nitrogens is 2. The van der Waals surface area contributed by atoms with Crippen LogP contribution in [0.15, 0.2) is 72.8 Å². The van der Waals surface area contributed by atoms with Crippen molar-refractivity contribution in [2.24, 2.45) is 0 Å². The van der Waals surface area contributed by atoms with Crippen molar-refractivity contribution >= 4 is 23.3 Å². The molecule has 0 saturated heterocycles. The summed E-state index contributed by atoms with van der Waals surface area (Å²) in [4.78, 5) is 12.8. The number of carbonyl (C=O) groups excluding carboxylic acids is 1. The number of amides is 1. The first-order chi connectivity index (χ1) is 16.4. The van der Waals surface area contributed by atoms with Gasteiger partial charge in [0, 0.05) is 27.9 Å². The highest BCUT2D eigenvalue weighted by Gasteiger charge is 2.14. The number of hydrogen-bond acceptors (Lipinski definition) is 3. The van der Waals surface area contributed by atoms with E-state index >= 15 is 0 Å². The molecule has 34 heavy (non-hydrogen) atoms. The largest absolute Gasteiger partial charge is 0.489 e. The molecule has 1 N–H and O–H groups in total. The summed E-state index contributed by atoms with van der Waals surface area (Å²) >= 11 is 6.13. The van der Waals surface area contributed by atoms with E-state index in [0.29, 0.717) is 28.6 Å². The number of anilines is 1. The molecular weight excluding hydrogens is 453 g/mol. The fourth-order valence-electron chi connectivity index (χ4n) is 3.54. The second-order valence-corrected chi connectivity index (χ2v) is 8.38. The summed E-state index contributed by atoms with van der Waals surface area (Å²) in [5.74, 6) is 0.478. The Balaban J connectivity index is 1.41. The van der Waals surface area contributed by atoms with Crippen LogP contribution in [0.25, 0.3) is 0 Å². The normalized spacial score (nSPS) is 10.8. The monoisotopic (exact) mass is 477 g/mol. The van der Waals surface area contributed by atoms with E-state index in [1.165, 1.54) is 11.6 Å². The minimum Gasteiger partial charge on any atom is -0.489 e. The van der Waals surface area contributed by atoms with Gasteiger partial charge in [-0.3, -0.25) is 9.48 Å². The summed E-state index contributed by atoms with van der Waals surface area (Å²) in [6.45, 7) is 4.46. The minimum atomic E-state index is -0.395. The lowest BCUT2D eigenvalue weighted by atomic mass is 10.1. The predicted molar refractivity (Wildman–Crippen MR) is 132 cm³/mol. The molecule has 4 rings (SSSR count). The summed E-state index contributed by atoms with van der Waals surface area (Å²) in [5, 5.41) is 7.54. The molecule has 1 heterocycles. The number of nitrogens with zero attached hydrogens (tertiary/aromatic N) is 2. The Morgan fingerprint density at radius 2 is 1.82 bits per heavy atom. The van der Waals surface area contributed by atoms with E-state index in [4.69, 9.17) is 16.3 Å². The zero-order chi connectivity index (χ0) is 24.1. The zero-order valence-corrected chi connectivity index (χ0v) is 19.8. The Labute approximate surface area is 203 Å². The molecule has 0 saturated carbocycles. The van der Waals surface area contributed by atoms with E-state index in [1.807, 2.05) is 43.3 Å². The lowest BCUT2D eigenvalue weighted by Crippen LogP contribution is -2.13. The third kappa shape index (κ3) is 5.64. The maximum atomic E-state index is 14.1. The lowest BCUT2D eigenvalue weighted by molar-refractivity contribution is 0.102. The average molecular weight is 478 g/mol. The van der Waals surface area contributed by atoms with Gasteiger partial charge in [-0.15, -0.1) is 0 Å².